The van der Waals surface area contributed by atoms with Gasteiger partial charge in [-0.2, -0.15) is 0 Å². The summed E-state index contributed by atoms with van der Waals surface area (Å²) in [7, 11) is 0. The number of rotatable bonds is 2. The number of hydrogen-bond acceptors (Lipinski definition) is 2. The maximum atomic E-state index is 9.82. The zero-order chi connectivity index (χ0) is 6.41. The van der Waals surface area contributed by atoms with Gasteiger partial charge in [0.05, 0.1) is 6.26 Å². The minimum Gasteiger partial charge on any atom is -0.419 e. The Morgan fingerprint density at radius 2 is 2.50 bits per heavy atom. The molecule has 3 nitrogen and oxygen atoms in total. The minimum atomic E-state index is -0.769. The molecule has 0 aliphatic carbocycles. The first-order valence-electron chi connectivity index (χ1n) is 2.38. The van der Waals surface area contributed by atoms with Gasteiger partial charge in [-0.3, -0.25) is 0 Å². The van der Waals surface area contributed by atoms with Gasteiger partial charge in [-0.05, 0) is 12.5 Å². The molecule has 1 amide bonds. The molecule has 0 fully saturated rings. The van der Waals surface area contributed by atoms with Crippen molar-refractivity contribution in [3.8, 4) is 0 Å². The number of allylic oxidation sites excluding steroid dienone is 1. The third-order valence-corrected chi connectivity index (χ3v) is 0.516. The normalized spacial score (nSPS) is 9.62. The maximum Gasteiger partial charge on any atom is 0.409 e. The summed E-state index contributed by atoms with van der Waals surface area (Å²) in [6.07, 6.45) is 3.05. The van der Waals surface area contributed by atoms with Crippen molar-refractivity contribution in [2.24, 2.45) is 5.73 Å². The average molecular weight is 115 g/mol. The molecule has 8 heavy (non-hydrogen) atoms. The first kappa shape index (κ1) is 7.01. The summed E-state index contributed by atoms with van der Waals surface area (Å²) in [5.74, 6) is 0. The molecule has 2 N–H and O–H groups in total. The molecule has 0 bridgehead atoms. The lowest BCUT2D eigenvalue weighted by Crippen LogP contribution is -2.08. The highest BCUT2D eigenvalue weighted by Gasteiger charge is 1.82. The van der Waals surface area contributed by atoms with Crippen LogP contribution in [0.25, 0.3) is 0 Å². The molecule has 0 aromatic heterocycles. The van der Waals surface area contributed by atoms with E-state index in [9.17, 15) is 4.79 Å². The molecule has 0 aliphatic heterocycles. The molecular weight excluding hydrogens is 106 g/mol. The Balaban J connectivity index is 3.16. The van der Waals surface area contributed by atoms with Crippen molar-refractivity contribution in [3.05, 3.63) is 12.3 Å². The molecule has 0 atom stereocenters. The number of carbonyl (C=O) groups is 1. The second-order valence-electron chi connectivity index (χ2n) is 1.22. The molecule has 3 heteroatoms. The first-order valence-corrected chi connectivity index (χ1v) is 2.38. The van der Waals surface area contributed by atoms with Crippen LogP contribution >= 0.6 is 0 Å². The largest absolute Gasteiger partial charge is 0.419 e. The van der Waals surface area contributed by atoms with Gasteiger partial charge in [0.25, 0.3) is 0 Å². The van der Waals surface area contributed by atoms with Crippen LogP contribution in [0.4, 0.5) is 4.79 Å². The van der Waals surface area contributed by atoms with Crippen molar-refractivity contribution in [3.63, 3.8) is 0 Å². The van der Waals surface area contributed by atoms with Gasteiger partial charge in [0.2, 0.25) is 0 Å². The molecule has 0 radical (unpaired) electrons. The fourth-order valence-corrected chi connectivity index (χ4v) is 0.211. The standard InChI is InChI=1S/C5H9NO2/c1-2-3-4-8-5(6)7/h3-4H,2H2,1H3,(H2,6,7). The van der Waals surface area contributed by atoms with Gasteiger partial charge in [0, 0.05) is 0 Å². The van der Waals surface area contributed by atoms with E-state index in [4.69, 9.17) is 0 Å². The lowest BCUT2D eigenvalue weighted by molar-refractivity contribution is 0.196. The van der Waals surface area contributed by atoms with Crippen molar-refractivity contribution in [1.29, 1.82) is 0 Å². The number of carbonyl (C=O) groups excluding carboxylic acids is 1. The van der Waals surface area contributed by atoms with Crippen LogP contribution in [0.1, 0.15) is 13.3 Å². The highest BCUT2D eigenvalue weighted by molar-refractivity contribution is 5.65. The van der Waals surface area contributed by atoms with Crippen LogP contribution < -0.4 is 5.73 Å². The van der Waals surface area contributed by atoms with Crippen LogP contribution in [0.2, 0.25) is 0 Å². The molecule has 46 valence electrons. The lowest BCUT2D eigenvalue weighted by atomic mass is 10.5. The molecule has 0 saturated carbocycles. The lowest BCUT2D eigenvalue weighted by Gasteiger charge is -1.86. The molecule has 0 spiro atoms. The highest BCUT2D eigenvalue weighted by Crippen LogP contribution is 1.80. The van der Waals surface area contributed by atoms with Crippen LogP contribution in [0.5, 0.6) is 0 Å². The van der Waals surface area contributed by atoms with E-state index in [1.807, 2.05) is 6.92 Å². The molecule has 0 rings (SSSR count). The molecule has 0 aromatic rings. The van der Waals surface area contributed by atoms with Crippen molar-refractivity contribution < 1.29 is 9.53 Å². The summed E-state index contributed by atoms with van der Waals surface area (Å²) in [4.78, 5) is 9.82. The third-order valence-electron chi connectivity index (χ3n) is 0.516. The zero-order valence-corrected chi connectivity index (χ0v) is 4.76. The molecule has 0 unspecified atom stereocenters. The monoisotopic (exact) mass is 115 g/mol. The second-order valence-corrected chi connectivity index (χ2v) is 1.22. The number of nitrogens with two attached hydrogens (primary N) is 1. The highest BCUT2D eigenvalue weighted by atomic mass is 16.5. The predicted octanol–water partition coefficient (Wildman–Crippen LogP) is 1.01. The smallest absolute Gasteiger partial charge is 0.409 e. The molecule has 0 aromatic carbocycles. The van der Waals surface area contributed by atoms with Gasteiger partial charge in [-0.1, -0.05) is 6.92 Å². The summed E-state index contributed by atoms with van der Waals surface area (Å²) >= 11 is 0. The topological polar surface area (TPSA) is 52.3 Å². The Labute approximate surface area is 48.1 Å². The van der Waals surface area contributed by atoms with Crippen LogP contribution in [0.15, 0.2) is 12.3 Å². The summed E-state index contributed by atoms with van der Waals surface area (Å²) in [5, 5.41) is 0. The first-order chi connectivity index (χ1) is 3.77. The van der Waals surface area contributed by atoms with E-state index in [1.165, 1.54) is 6.26 Å². The number of primary amides is 1. The molecule has 0 heterocycles. The van der Waals surface area contributed by atoms with Crippen LogP contribution in [-0.2, 0) is 4.74 Å². The number of amides is 1. The van der Waals surface area contributed by atoms with Crippen LogP contribution in [0, 0.1) is 0 Å². The van der Waals surface area contributed by atoms with Gasteiger partial charge >= 0.3 is 6.09 Å². The minimum absolute atomic E-state index is 0.769. The van der Waals surface area contributed by atoms with Crippen molar-refractivity contribution in [2.45, 2.75) is 13.3 Å². The van der Waals surface area contributed by atoms with Gasteiger partial charge in [0.15, 0.2) is 0 Å². The van der Waals surface area contributed by atoms with Crippen LogP contribution in [-0.4, -0.2) is 6.09 Å². The van der Waals surface area contributed by atoms with E-state index in [1.54, 1.807) is 6.08 Å². The summed E-state index contributed by atoms with van der Waals surface area (Å²) in [6, 6.07) is 0. The van der Waals surface area contributed by atoms with Gasteiger partial charge in [0.1, 0.15) is 0 Å². The van der Waals surface area contributed by atoms with Gasteiger partial charge < -0.3 is 10.5 Å². The van der Waals surface area contributed by atoms with E-state index in [2.05, 4.69) is 10.5 Å². The number of ether oxygens (including phenoxy) is 1. The summed E-state index contributed by atoms with van der Waals surface area (Å²) in [5.41, 5.74) is 4.62. The van der Waals surface area contributed by atoms with Crippen LogP contribution in [0.3, 0.4) is 0 Å². The number of hydrogen-bond donors (Lipinski definition) is 1. The summed E-state index contributed by atoms with van der Waals surface area (Å²) < 4.78 is 4.24. The van der Waals surface area contributed by atoms with E-state index in [0.29, 0.717) is 0 Å². The predicted molar refractivity (Wildman–Crippen MR) is 30.1 cm³/mol. The fourth-order valence-electron chi connectivity index (χ4n) is 0.211. The van der Waals surface area contributed by atoms with Gasteiger partial charge in [-0.25, -0.2) is 4.79 Å². The SMILES string of the molecule is CCC=COC(N)=O. The quantitative estimate of drug-likeness (QED) is 0.546. The summed E-state index contributed by atoms with van der Waals surface area (Å²) in [6.45, 7) is 1.93. The Kier molecular flexibility index (Phi) is 3.66. The van der Waals surface area contributed by atoms with E-state index < -0.39 is 6.09 Å². The third kappa shape index (κ3) is 5.01. The molecular formula is C5H9NO2. The molecule has 0 saturated heterocycles. The van der Waals surface area contributed by atoms with Crippen molar-refractivity contribution >= 4 is 6.09 Å². The van der Waals surface area contributed by atoms with E-state index in [0.717, 1.165) is 6.42 Å². The van der Waals surface area contributed by atoms with E-state index >= 15 is 0 Å². The maximum absolute atomic E-state index is 9.82. The average Bonchev–Trinajstić information content (AvgIpc) is 1.66. The van der Waals surface area contributed by atoms with Gasteiger partial charge in [-0.15, -0.1) is 0 Å². The Bertz CT molecular complexity index is 98.6. The molecule has 0 aliphatic rings. The van der Waals surface area contributed by atoms with E-state index in [-0.39, 0.29) is 0 Å². The van der Waals surface area contributed by atoms with Crippen molar-refractivity contribution in [2.75, 3.05) is 0 Å². The Morgan fingerprint density at radius 3 is 2.88 bits per heavy atom. The fraction of sp³-hybridized carbons (Fsp3) is 0.400. The van der Waals surface area contributed by atoms with Crippen molar-refractivity contribution in [1.82, 2.24) is 0 Å². The second kappa shape index (κ2) is 4.18. The zero-order valence-electron chi connectivity index (χ0n) is 4.76. The Hall–Kier alpha value is -0.990. The Morgan fingerprint density at radius 1 is 1.88 bits per heavy atom.